The molecule has 0 spiro atoms. The van der Waals surface area contributed by atoms with Gasteiger partial charge < -0.3 is 4.42 Å². The van der Waals surface area contributed by atoms with E-state index < -0.39 is 0 Å². The number of fused-ring (bicyclic) bond motifs is 9. The minimum Gasteiger partial charge on any atom is -0.456 e. The molecule has 0 saturated heterocycles. The number of para-hydroxylation sites is 2. The molecule has 0 amide bonds. The van der Waals surface area contributed by atoms with E-state index >= 15 is 0 Å². The molecular weight excluding hydrogens is 506 g/mol. The predicted octanol–water partition coefficient (Wildman–Crippen LogP) is 11.0. The van der Waals surface area contributed by atoms with Gasteiger partial charge in [-0.3, -0.25) is 0 Å². The lowest BCUT2D eigenvalue weighted by Crippen LogP contribution is -1.90. The summed E-state index contributed by atoms with van der Waals surface area (Å²) in [5, 5.41) is 8.34. The highest BCUT2D eigenvalue weighted by Crippen LogP contribution is 2.42. The van der Waals surface area contributed by atoms with Gasteiger partial charge >= 0.3 is 0 Å². The minimum atomic E-state index is 0.887. The van der Waals surface area contributed by atoms with Crippen molar-refractivity contribution >= 4 is 75.1 Å². The van der Waals surface area contributed by atoms with Crippen LogP contribution >= 0.6 is 11.3 Å². The van der Waals surface area contributed by atoms with Crippen LogP contribution in [0.2, 0.25) is 0 Å². The molecule has 0 bridgehead atoms. The quantitative estimate of drug-likeness (QED) is 0.209. The van der Waals surface area contributed by atoms with Crippen LogP contribution in [-0.2, 0) is 0 Å². The van der Waals surface area contributed by atoms with Gasteiger partial charge in [0, 0.05) is 47.3 Å². The number of thiophene rings is 1. The standard InChI is InChI=1S/C37H21NOS/c1-4-16-32-25(11-1)29-20-30-26-12-2-5-17-33(26)39-34(30)21-31(29)36(38-32)23-10-7-9-22(19-23)24-14-8-15-28-27-13-3-6-18-35(27)40-37(24)28/h1-21H. The highest BCUT2D eigenvalue weighted by atomic mass is 32.1. The Morgan fingerprint density at radius 2 is 1.23 bits per heavy atom. The Kier molecular flexibility index (Phi) is 4.52. The Balaban J connectivity index is 1.32. The minimum absolute atomic E-state index is 0.887. The lowest BCUT2D eigenvalue weighted by atomic mass is 9.95. The van der Waals surface area contributed by atoms with E-state index in [1.165, 1.54) is 36.7 Å². The summed E-state index contributed by atoms with van der Waals surface area (Å²) in [6.07, 6.45) is 0. The molecule has 9 rings (SSSR count). The monoisotopic (exact) mass is 527 g/mol. The van der Waals surface area contributed by atoms with Gasteiger partial charge in [0.2, 0.25) is 0 Å². The molecule has 0 unspecified atom stereocenters. The van der Waals surface area contributed by atoms with Crippen molar-refractivity contribution in [3.63, 3.8) is 0 Å². The second-order valence-corrected chi connectivity index (χ2v) is 11.4. The molecule has 0 saturated carbocycles. The fraction of sp³-hybridized carbons (Fsp3) is 0. The van der Waals surface area contributed by atoms with Crippen LogP contribution in [0.5, 0.6) is 0 Å². The summed E-state index contributed by atoms with van der Waals surface area (Å²) in [7, 11) is 0. The van der Waals surface area contributed by atoms with Crippen LogP contribution in [0.25, 0.3) is 86.2 Å². The van der Waals surface area contributed by atoms with Gasteiger partial charge in [-0.2, -0.15) is 0 Å². The maximum Gasteiger partial charge on any atom is 0.136 e. The number of nitrogens with zero attached hydrogens (tertiary/aromatic N) is 1. The maximum absolute atomic E-state index is 6.31. The lowest BCUT2D eigenvalue weighted by molar-refractivity contribution is 0.669. The Morgan fingerprint density at radius 1 is 0.475 bits per heavy atom. The highest BCUT2D eigenvalue weighted by molar-refractivity contribution is 7.26. The van der Waals surface area contributed by atoms with Gasteiger partial charge in [0.15, 0.2) is 0 Å². The van der Waals surface area contributed by atoms with Crippen molar-refractivity contribution in [2.24, 2.45) is 0 Å². The number of rotatable bonds is 2. The zero-order chi connectivity index (χ0) is 26.2. The van der Waals surface area contributed by atoms with Gasteiger partial charge in [0.25, 0.3) is 0 Å². The maximum atomic E-state index is 6.31. The summed E-state index contributed by atoms with van der Waals surface area (Å²) in [6.45, 7) is 0. The van der Waals surface area contributed by atoms with Crippen molar-refractivity contribution in [2.75, 3.05) is 0 Å². The Morgan fingerprint density at radius 3 is 2.17 bits per heavy atom. The van der Waals surface area contributed by atoms with Gasteiger partial charge in [-0.25, -0.2) is 4.98 Å². The first-order valence-corrected chi connectivity index (χ1v) is 14.3. The summed E-state index contributed by atoms with van der Waals surface area (Å²) < 4.78 is 8.95. The van der Waals surface area contributed by atoms with Gasteiger partial charge in [-0.15, -0.1) is 11.3 Å². The number of aromatic nitrogens is 1. The van der Waals surface area contributed by atoms with Crippen LogP contribution < -0.4 is 0 Å². The second-order valence-electron chi connectivity index (χ2n) is 10.3. The molecule has 0 aliphatic rings. The van der Waals surface area contributed by atoms with E-state index in [1.54, 1.807) is 0 Å². The van der Waals surface area contributed by atoms with Crippen LogP contribution in [0, 0.1) is 0 Å². The fourth-order valence-electron chi connectivity index (χ4n) is 6.20. The van der Waals surface area contributed by atoms with Crippen molar-refractivity contribution in [3.8, 4) is 22.4 Å². The SMILES string of the molecule is c1cc(-c2nc3ccccc3c3cc4c(cc23)oc2ccccc24)cc(-c2cccc3c2sc2ccccc23)c1. The number of hydrogen-bond acceptors (Lipinski definition) is 3. The third-order valence-electron chi connectivity index (χ3n) is 8.05. The number of furan rings is 1. The zero-order valence-corrected chi connectivity index (χ0v) is 22.2. The number of benzene rings is 6. The van der Waals surface area contributed by atoms with E-state index in [9.17, 15) is 0 Å². The van der Waals surface area contributed by atoms with Crippen LogP contribution in [0.15, 0.2) is 132 Å². The summed E-state index contributed by atoms with van der Waals surface area (Å²) in [6, 6.07) is 45.3. The molecular formula is C37H21NOS. The van der Waals surface area contributed by atoms with Crippen LogP contribution in [0.4, 0.5) is 0 Å². The largest absolute Gasteiger partial charge is 0.456 e. The molecule has 0 N–H and O–H groups in total. The molecule has 186 valence electrons. The molecule has 0 radical (unpaired) electrons. The van der Waals surface area contributed by atoms with E-state index in [0.717, 1.165) is 49.5 Å². The zero-order valence-electron chi connectivity index (χ0n) is 21.4. The third-order valence-corrected chi connectivity index (χ3v) is 9.27. The second kappa shape index (κ2) is 8.25. The Labute approximate surface area is 233 Å². The predicted molar refractivity (Wildman–Crippen MR) is 170 cm³/mol. The van der Waals surface area contributed by atoms with E-state index in [4.69, 9.17) is 9.40 Å². The summed E-state index contributed by atoms with van der Waals surface area (Å²) in [5.41, 5.74) is 7.31. The Hall–Kier alpha value is -4.99. The molecule has 0 atom stereocenters. The van der Waals surface area contributed by atoms with Gasteiger partial charge in [-0.05, 0) is 52.9 Å². The van der Waals surface area contributed by atoms with E-state index in [2.05, 4.69) is 115 Å². The van der Waals surface area contributed by atoms with E-state index in [-0.39, 0.29) is 0 Å². The van der Waals surface area contributed by atoms with Gasteiger partial charge in [-0.1, -0.05) is 91.0 Å². The fourth-order valence-corrected chi connectivity index (χ4v) is 7.44. The topological polar surface area (TPSA) is 26.0 Å². The molecule has 3 aromatic heterocycles. The first-order chi connectivity index (χ1) is 19.8. The smallest absolute Gasteiger partial charge is 0.136 e. The highest BCUT2D eigenvalue weighted by Gasteiger charge is 2.16. The van der Waals surface area contributed by atoms with Crippen molar-refractivity contribution in [1.82, 2.24) is 4.98 Å². The molecule has 3 heteroatoms. The first-order valence-electron chi connectivity index (χ1n) is 13.5. The van der Waals surface area contributed by atoms with Crippen LogP contribution in [0.1, 0.15) is 0 Å². The normalized spacial score (nSPS) is 12.0. The third kappa shape index (κ3) is 3.13. The number of hydrogen-bond donors (Lipinski definition) is 0. The average Bonchev–Trinajstić information content (AvgIpc) is 3.58. The Bertz CT molecular complexity index is 2450. The van der Waals surface area contributed by atoms with E-state index in [0.29, 0.717) is 0 Å². The van der Waals surface area contributed by atoms with E-state index in [1.807, 2.05) is 23.5 Å². The number of pyridine rings is 1. The molecule has 2 nitrogen and oxygen atoms in total. The van der Waals surface area contributed by atoms with Crippen molar-refractivity contribution < 1.29 is 4.42 Å². The molecule has 9 aromatic rings. The summed E-state index contributed by atoms with van der Waals surface area (Å²) >= 11 is 1.86. The molecule has 40 heavy (non-hydrogen) atoms. The van der Waals surface area contributed by atoms with Gasteiger partial charge in [0.05, 0.1) is 11.2 Å². The summed E-state index contributed by atoms with van der Waals surface area (Å²) in [4.78, 5) is 5.23. The average molecular weight is 528 g/mol. The van der Waals surface area contributed by atoms with Crippen LogP contribution in [-0.4, -0.2) is 4.98 Å². The van der Waals surface area contributed by atoms with Crippen molar-refractivity contribution in [1.29, 1.82) is 0 Å². The molecule has 3 heterocycles. The van der Waals surface area contributed by atoms with Crippen LogP contribution in [0.3, 0.4) is 0 Å². The lowest BCUT2D eigenvalue weighted by Gasteiger charge is -2.12. The molecule has 6 aromatic carbocycles. The van der Waals surface area contributed by atoms with Gasteiger partial charge in [0.1, 0.15) is 11.2 Å². The van der Waals surface area contributed by atoms with Crippen molar-refractivity contribution in [2.45, 2.75) is 0 Å². The first kappa shape index (κ1) is 21.9. The van der Waals surface area contributed by atoms with Crippen molar-refractivity contribution in [3.05, 3.63) is 127 Å². The molecule has 0 fully saturated rings. The molecule has 0 aliphatic carbocycles. The molecule has 0 aliphatic heterocycles. The summed E-state index contributed by atoms with van der Waals surface area (Å²) in [5.74, 6) is 0.